The van der Waals surface area contributed by atoms with Crippen LogP contribution in [0.3, 0.4) is 0 Å². The Kier molecular flexibility index (Phi) is 4.15. The molecule has 1 unspecified atom stereocenters. The van der Waals surface area contributed by atoms with Gasteiger partial charge in [-0.1, -0.05) is 17.7 Å². The molecule has 2 rings (SSSR count). The molecule has 0 saturated heterocycles. The quantitative estimate of drug-likeness (QED) is 0.882. The molecule has 1 nitrogen and oxygen atoms in total. The van der Waals surface area contributed by atoms with Gasteiger partial charge in [-0.15, -0.1) is 0 Å². The van der Waals surface area contributed by atoms with Gasteiger partial charge >= 0.3 is 0 Å². The second-order valence-electron chi connectivity index (χ2n) is 3.86. The summed E-state index contributed by atoms with van der Waals surface area (Å²) in [5, 5.41) is 14.1. The van der Waals surface area contributed by atoms with Crippen LogP contribution >= 0.6 is 22.9 Å². The molecule has 0 amide bonds. The van der Waals surface area contributed by atoms with E-state index in [1.807, 2.05) is 11.4 Å². The molecular formula is C13H12ClFOS. The number of halogens is 2. The van der Waals surface area contributed by atoms with Crippen LogP contribution in [0.25, 0.3) is 0 Å². The van der Waals surface area contributed by atoms with Gasteiger partial charge in [-0.25, -0.2) is 4.39 Å². The van der Waals surface area contributed by atoms with Gasteiger partial charge in [-0.2, -0.15) is 11.3 Å². The third-order valence-electron chi connectivity index (χ3n) is 2.61. The molecule has 0 bridgehead atoms. The minimum atomic E-state index is -0.651. The van der Waals surface area contributed by atoms with Gasteiger partial charge in [0.15, 0.2) is 0 Å². The number of benzene rings is 1. The van der Waals surface area contributed by atoms with Crippen molar-refractivity contribution in [1.29, 1.82) is 0 Å². The van der Waals surface area contributed by atoms with Gasteiger partial charge in [-0.3, -0.25) is 0 Å². The molecule has 17 heavy (non-hydrogen) atoms. The number of rotatable bonds is 4. The van der Waals surface area contributed by atoms with Crippen molar-refractivity contribution in [2.24, 2.45) is 0 Å². The SMILES string of the molecule is OC(CCc1ccsc1)c1ccc(Cl)c(F)c1. The van der Waals surface area contributed by atoms with Crippen LogP contribution in [0.4, 0.5) is 4.39 Å². The van der Waals surface area contributed by atoms with E-state index in [0.29, 0.717) is 12.0 Å². The minimum absolute atomic E-state index is 0.0822. The third kappa shape index (κ3) is 3.28. The largest absolute Gasteiger partial charge is 0.388 e. The molecule has 1 aromatic heterocycles. The fourth-order valence-electron chi connectivity index (χ4n) is 1.62. The molecule has 0 saturated carbocycles. The summed E-state index contributed by atoms with van der Waals surface area (Å²) in [6, 6.07) is 6.45. The van der Waals surface area contributed by atoms with Crippen LogP contribution in [-0.4, -0.2) is 5.11 Å². The van der Waals surface area contributed by atoms with Crippen molar-refractivity contribution >= 4 is 22.9 Å². The van der Waals surface area contributed by atoms with E-state index in [0.717, 1.165) is 6.42 Å². The van der Waals surface area contributed by atoms with E-state index < -0.39 is 11.9 Å². The van der Waals surface area contributed by atoms with E-state index in [-0.39, 0.29) is 5.02 Å². The number of aliphatic hydroxyl groups is 1. The zero-order chi connectivity index (χ0) is 12.3. The normalized spacial score (nSPS) is 12.6. The lowest BCUT2D eigenvalue weighted by Gasteiger charge is -2.10. The predicted octanol–water partition coefficient (Wildman–Crippen LogP) is 4.21. The van der Waals surface area contributed by atoms with E-state index in [1.165, 1.54) is 17.7 Å². The first-order chi connectivity index (χ1) is 8.16. The van der Waals surface area contributed by atoms with Gasteiger partial charge in [0.25, 0.3) is 0 Å². The zero-order valence-corrected chi connectivity index (χ0v) is 10.6. The predicted molar refractivity (Wildman–Crippen MR) is 69.0 cm³/mol. The maximum Gasteiger partial charge on any atom is 0.142 e. The molecule has 0 aliphatic rings. The minimum Gasteiger partial charge on any atom is -0.388 e. The highest BCUT2D eigenvalue weighted by Crippen LogP contribution is 2.23. The fraction of sp³-hybridized carbons (Fsp3) is 0.231. The second kappa shape index (κ2) is 5.63. The van der Waals surface area contributed by atoms with Gasteiger partial charge < -0.3 is 5.11 Å². The van der Waals surface area contributed by atoms with Crippen LogP contribution in [0, 0.1) is 5.82 Å². The van der Waals surface area contributed by atoms with Crippen LogP contribution in [0.15, 0.2) is 35.0 Å². The Bertz CT molecular complexity index is 484. The maximum atomic E-state index is 13.2. The van der Waals surface area contributed by atoms with Gasteiger partial charge in [0, 0.05) is 0 Å². The first-order valence-electron chi connectivity index (χ1n) is 5.31. The lowest BCUT2D eigenvalue weighted by Crippen LogP contribution is -2.00. The van der Waals surface area contributed by atoms with Crippen molar-refractivity contribution < 1.29 is 9.50 Å². The van der Waals surface area contributed by atoms with Gasteiger partial charge in [-0.05, 0) is 52.9 Å². The van der Waals surface area contributed by atoms with Crippen LogP contribution in [0.1, 0.15) is 23.7 Å². The molecule has 0 radical (unpaired) electrons. The van der Waals surface area contributed by atoms with E-state index in [9.17, 15) is 9.50 Å². The van der Waals surface area contributed by atoms with E-state index in [1.54, 1.807) is 17.4 Å². The molecular weight excluding hydrogens is 259 g/mol. The highest BCUT2D eigenvalue weighted by Gasteiger charge is 2.10. The number of aryl methyl sites for hydroxylation is 1. The van der Waals surface area contributed by atoms with Crippen LogP contribution in [0.2, 0.25) is 5.02 Å². The molecule has 0 aliphatic carbocycles. The lowest BCUT2D eigenvalue weighted by atomic mass is 10.0. The standard InChI is InChI=1S/C13H12ClFOS/c14-11-3-2-10(7-12(11)15)13(16)4-1-9-5-6-17-8-9/h2-3,5-8,13,16H,1,4H2. The molecule has 1 heterocycles. The Morgan fingerprint density at radius 3 is 2.82 bits per heavy atom. The zero-order valence-electron chi connectivity index (χ0n) is 9.07. The molecule has 1 N–H and O–H groups in total. The van der Waals surface area contributed by atoms with E-state index in [2.05, 4.69) is 5.38 Å². The molecule has 2 aromatic rings. The Morgan fingerprint density at radius 2 is 2.18 bits per heavy atom. The summed E-state index contributed by atoms with van der Waals surface area (Å²) in [7, 11) is 0. The molecule has 90 valence electrons. The smallest absolute Gasteiger partial charge is 0.142 e. The van der Waals surface area contributed by atoms with Gasteiger partial charge in [0.1, 0.15) is 5.82 Å². The third-order valence-corrected chi connectivity index (χ3v) is 3.65. The van der Waals surface area contributed by atoms with Crippen molar-refractivity contribution in [2.45, 2.75) is 18.9 Å². The van der Waals surface area contributed by atoms with Gasteiger partial charge in [0.05, 0.1) is 11.1 Å². The van der Waals surface area contributed by atoms with Crippen LogP contribution in [0.5, 0.6) is 0 Å². The van der Waals surface area contributed by atoms with Crippen molar-refractivity contribution in [2.75, 3.05) is 0 Å². The lowest BCUT2D eigenvalue weighted by molar-refractivity contribution is 0.167. The second-order valence-corrected chi connectivity index (χ2v) is 5.05. The van der Waals surface area contributed by atoms with Crippen molar-refractivity contribution in [1.82, 2.24) is 0 Å². The fourth-order valence-corrected chi connectivity index (χ4v) is 2.45. The highest BCUT2D eigenvalue weighted by atomic mass is 35.5. The van der Waals surface area contributed by atoms with Crippen LogP contribution < -0.4 is 0 Å². The summed E-state index contributed by atoms with van der Waals surface area (Å²) in [5.41, 5.74) is 1.77. The first kappa shape index (κ1) is 12.6. The topological polar surface area (TPSA) is 20.2 Å². The molecule has 0 aliphatic heterocycles. The summed E-state index contributed by atoms with van der Waals surface area (Å²) < 4.78 is 13.2. The van der Waals surface area contributed by atoms with E-state index in [4.69, 9.17) is 11.6 Å². The Balaban J connectivity index is 1.99. The summed E-state index contributed by atoms with van der Waals surface area (Å²) in [6.07, 6.45) is 0.717. The maximum absolute atomic E-state index is 13.2. The molecule has 0 fully saturated rings. The highest BCUT2D eigenvalue weighted by molar-refractivity contribution is 7.07. The summed E-state index contributed by atoms with van der Waals surface area (Å²) in [6.45, 7) is 0. The Labute approximate surface area is 108 Å². The number of aliphatic hydroxyl groups excluding tert-OH is 1. The summed E-state index contributed by atoms with van der Waals surface area (Å²) in [5.74, 6) is -0.487. The summed E-state index contributed by atoms with van der Waals surface area (Å²) in [4.78, 5) is 0. The number of thiophene rings is 1. The van der Waals surface area contributed by atoms with Crippen LogP contribution in [-0.2, 0) is 6.42 Å². The number of hydrogen-bond donors (Lipinski definition) is 1. The molecule has 4 heteroatoms. The van der Waals surface area contributed by atoms with Crippen molar-refractivity contribution in [3.63, 3.8) is 0 Å². The van der Waals surface area contributed by atoms with Crippen molar-refractivity contribution in [3.8, 4) is 0 Å². The average molecular weight is 271 g/mol. The molecule has 0 spiro atoms. The van der Waals surface area contributed by atoms with Crippen molar-refractivity contribution in [3.05, 3.63) is 57.0 Å². The average Bonchev–Trinajstić information content (AvgIpc) is 2.82. The Morgan fingerprint density at radius 1 is 1.35 bits per heavy atom. The van der Waals surface area contributed by atoms with E-state index >= 15 is 0 Å². The molecule has 1 atom stereocenters. The van der Waals surface area contributed by atoms with Gasteiger partial charge in [0.2, 0.25) is 0 Å². The Hall–Kier alpha value is -0.900. The number of hydrogen-bond acceptors (Lipinski definition) is 2. The monoisotopic (exact) mass is 270 g/mol. The summed E-state index contributed by atoms with van der Waals surface area (Å²) >= 11 is 7.22. The molecule has 1 aromatic carbocycles. The first-order valence-corrected chi connectivity index (χ1v) is 6.63.